The van der Waals surface area contributed by atoms with Crippen molar-refractivity contribution in [2.24, 2.45) is 0 Å². The van der Waals surface area contributed by atoms with Crippen LogP contribution in [0.2, 0.25) is 10.0 Å². The molecule has 1 atom stereocenters. The largest absolute Gasteiger partial charge is 0.467 e. The Kier molecular flexibility index (Phi) is 5.41. The third-order valence-corrected chi connectivity index (χ3v) is 4.88. The molecular weight excluding hydrogens is 349 g/mol. The highest BCUT2D eigenvalue weighted by molar-refractivity contribution is 6.38. The van der Waals surface area contributed by atoms with E-state index in [9.17, 15) is 4.79 Å². The average molecular weight is 368 g/mol. The number of hydrogen-bond donors (Lipinski definition) is 0. The summed E-state index contributed by atoms with van der Waals surface area (Å²) in [6.45, 7) is 2.86. The first-order valence-electron chi connectivity index (χ1n) is 8.12. The number of carbonyl (C=O) groups is 1. The highest BCUT2D eigenvalue weighted by atomic mass is 35.5. The second kappa shape index (κ2) is 7.53. The molecule has 2 heterocycles. The minimum absolute atomic E-state index is 0.0126. The van der Waals surface area contributed by atoms with E-state index >= 15 is 0 Å². The van der Waals surface area contributed by atoms with Gasteiger partial charge in [0, 0.05) is 17.6 Å². The van der Waals surface area contributed by atoms with Gasteiger partial charge in [0.05, 0.1) is 15.9 Å². The number of likely N-dealkylation sites (tertiary alicyclic amines) is 1. The minimum atomic E-state index is -0.0489. The van der Waals surface area contributed by atoms with Crippen LogP contribution in [-0.2, 0) is 4.79 Å². The molecular formula is C17H19Cl2N3O2. The number of piperidine rings is 1. The van der Waals surface area contributed by atoms with Crippen molar-refractivity contribution in [3.8, 4) is 5.88 Å². The molecule has 1 amide bonds. The van der Waals surface area contributed by atoms with Crippen LogP contribution in [0.4, 0.5) is 0 Å². The second-order valence-corrected chi connectivity index (χ2v) is 6.74. The van der Waals surface area contributed by atoms with Gasteiger partial charge in [-0.1, -0.05) is 30.1 Å². The smallest absolute Gasteiger partial charge is 0.260 e. The topological polar surface area (TPSA) is 55.3 Å². The monoisotopic (exact) mass is 367 g/mol. The van der Waals surface area contributed by atoms with Crippen LogP contribution in [0, 0.1) is 0 Å². The van der Waals surface area contributed by atoms with Crippen LogP contribution in [0.25, 0.3) is 10.9 Å². The van der Waals surface area contributed by atoms with Crippen LogP contribution in [0.15, 0.2) is 18.5 Å². The molecule has 0 aliphatic carbocycles. The summed E-state index contributed by atoms with van der Waals surface area (Å²) in [5, 5.41) is 1.51. The SMILES string of the molecule is CCC1CCCCN1C(=O)COc1ncnc2c(Cl)cc(Cl)cc12. The average Bonchev–Trinajstić information content (AvgIpc) is 2.59. The maximum atomic E-state index is 12.5. The van der Waals surface area contributed by atoms with Crippen molar-refractivity contribution >= 4 is 40.0 Å². The Morgan fingerprint density at radius 1 is 1.33 bits per heavy atom. The summed E-state index contributed by atoms with van der Waals surface area (Å²) >= 11 is 12.2. The van der Waals surface area contributed by atoms with E-state index in [0.717, 1.165) is 25.8 Å². The van der Waals surface area contributed by atoms with Crippen molar-refractivity contribution in [2.45, 2.75) is 38.6 Å². The molecule has 1 fully saturated rings. The molecule has 0 spiro atoms. The Bertz CT molecular complexity index is 754. The number of amides is 1. The standard InChI is InChI=1S/C17H19Cl2N3O2/c1-2-12-5-3-4-6-22(12)15(23)9-24-17-13-7-11(18)8-14(19)16(13)20-10-21-17/h7-8,10,12H,2-6,9H2,1H3. The Hall–Kier alpha value is -1.59. The van der Waals surface area contributed by atoms with Crippen molar-refractivity contribution < 1.29 is 9.53 Å². The Morgan fingerprint density at radius 3 is 2.96 bits per heavy atom. The van der Waals surface area contributed by atoms with E-state index < -0.39 is 0 Å². The van der Waals surface area contributed by atoms with Gasteiger partial charge in [-0.3, -0.25) is 4.79 Å². The van der Waals surface area contributed by atoms with E-state index in [1.807, 2.05) is 4.90 Å². The number of ether oxygens (including phenoxy) is 1. The molecule has 2 aromatic rings. The number of carbonyl (C=O) groups excluding carboxylic acids is 1. The normalized spacial score (nSPS) is 18.0. The zero-order valence-corrected chi connectivity index (χ0v) is 15.0. The van der Waals surface area contributed by atoms with Crippen molar-refractivity contribution in [2.75, 3.05) is 13.2 Å². The molecule has 7 heteroatoms. The van der Waals surface area contributed by atoms with E-state index in [-0.39, 0.29) is 12.5 Å². The van der Waals surface area contributed by atoms with E-state index in [1.54, 1.807) is 12.1 Å². The number of aromatic nitrogens is 2. The third kappa shape index (κ3) is 3.57. The molecule has 0 saturated carbocycles. The van der Waals surface area contributed by atoms with E-state index in [4.69, 9.17) is 27.9 Å². The van der Waals surface area contributed by atoms with E-state index in [0.29, 0.717) is 32.9 Å². The highest BCUT2D eigenvalue weighted by Gasteiger charge is 2.25. The first kappa shape index (κ1) is 17.2. The Labute approximate surface area is 150 Å². The quantitative estimate of drug-likeness (QED) is 0.815. The van der Waals surface area contributed by atoms with Crippen LogP contribution in [0.5, 0.6) is 5.88 Å². The predicted octanol–water partition coefficient (Wildman–Crippen LogP) is 4.11. The molecule has 128 valence electrons. The lowest BCUT2D eigenvalue weighted by atomic mass is 10.00. The lowest BCUT2D eigenvalue weighted by molar-refractivity contribution is -0.137. The Balaban J connectivity index is 1.77. The molecule has 3 rings (SSSR count). The zero-order chi connectivity index (χ0) is 17.1. The molecule has 1 aromatic carbocycles. The number of rotatable bonds is 4. The number of fused-ring (bicyclic) bond motifs is 1. The molecule has 1 unspecified atom stereocenters. The van der Waals surface area contributed by atoms with Gasteiger partial charge in [0.2, 0.25) is 5.88 Å². The van der Waals surface area contributed by atoms with E-state index in [2.05, 4.69) is 16.9 Å². The molecule has 1 aliphatic heterocycles. The van der Waals surface area contributed by atoms with Crippen molar-refractivity contribution in [3.63, 3.8) is 0 Å². The lowest BCUT2D eigenvalue weighted by Gasteiger charge is -2.35. The predicted molar refractivity (Wildman–Crippen MR) is 94.7 cm³/mol. The van der Waals surface area contributed by atoms with Crippen LogP contribution >= 0.6 is 23.2 Å². The van der Waals surface area contributed by atoms with Gasteiger partial charge in [-0.15, -0.1) is 0 Å². The maximum Gasteiger partial charge on any atom is 0.260 e. The molecule has 5 nitrogen and oxygen atoms in total. The van der Waals surface area contributed by atoms with Crippen molar-refractivity contribution in [1.82, 2.24) is 14.9 Å². The highest BCUT2D eigenvalue weighted by Crippen LogP contribution is 2.31. The van der Waals surface area contributed by atoms with Gasteiger partial charge in [0.25, 0.3) is 5.91 Å². The van der Waals surface area contributed by atoms with Gasteiger partial charge < -0.3 is 9.64 Å². The van der Waals surface area contributed by atoms with Crippen molar-refractivity contribution in [1.29, 1.82) is 0 Å². The molecule has 0 radical (unpaired) electrons. The third-order valence-electron chi connectivity index (χ3n) is 4.37. The summed E-state index contributed by atoms with van der Waals surface area (Å²) in [6.07, 6.45) is 5.62. The Morgan fingerprint density at radius 2 is 2.17 bits per heavy atom. The summed E-state index contributed by atoms with van der Waals surface area (Å²) in [4.78, 5) is 22.7. The van der Waals surface area contributed by atoms with Crippen LogP contribution in [-0.4, -0.2) is 40.0 Å². The summed E-state index contributed by atoms with van der Waals surface area (Å²) in [7, 11) is 0. The van der Waals surface area contributed by atoms with Gasteiger partial charge in [-0.25, -0.2) is 9.97 Å². The molecule has 1 aromatic heterocycles. The van der Waals surface area contributed by atoms with Gasteiger partial charge in [0.1, 0.15) is 6.33 Å². The summed E-state index contributed by atoms with van der Waals surface area (Å²) < 4.78 is 5.68. The number of benzene rings is 1. The molecule has 1 aliphatic rings. The lowest BCUT2D eigenvalue weighted by Crippen LogP contribution is -2.45. The van der Waals surface area contributed by atoms with Crippen LogP contribution in [0.3, 0.4) is 0 Å². The summed E-state index contributed by atoms with van der Waals surface area (Å²) in [5.74, 6) is 0.309. The summed E-state index contributed by atoms with van der Waals surface area (Å²) in [6, 6.07) is 3.62. The van der Waals surface area contributed by atoms with Crippen LogP contribution < -0.4 is 4.74 Å². The fourth-order valence-corrected chi connectivity index (χ4v) is 3.69. The zero-order valence-electron chi connectivity index (χ0n) is 13.5. The number of nitrogens with zero attached hydrogens (tertiary/aromatic N) is 3. The minimum Gasteiger partial charge on any atom is -0.467 e. The fourth-order valence-electron chi connectivity index (χ4n) is 3.15. The first-order valence-corrected chi connectivity index (χ1v) is 8.87. The fraction of sp³-hybridized carbons (Fsp3) is 0.471. The van der Waals surface area contributed by atoms with Gasteiger partial charge in [-0.2, -0.15) is 0 Å². The molecule has 0 bridgehead atoms. The van der Waals surface area contributed by atoms with Crippen molar-refractivity contribution in [3.05, 3.63) is 28.5 Å². The second-order valence-electron chi connectivity index (χ2n) is 5.90. The number of hydrogen-bond acceptors (Lipinski definition) is 4. The molecule has 24 heavy (non-hydrogen) atoms. The van der Waals surface area contributed by atoms with Gasteiger partial charge in [-0.05, 0) is 37.8 Å². The van der Waals surface area contributed by atoms with Crippen LogP contribution in [0.1, 0.15) is 32.6 Å². The first-order chi connectivity index (χ1) is 11.6. The van der Waals surface area contributed by atoms with Gasteiger partial charge in [0.15, 0.2) is 6.61 Å². The molecule has 1 saturated heterocycles. The van der Waals surface area contributed by atoms with Gasteiger partial charge >= 0.3 is 0 Å². The van der Waals surface area contributed by atoms with E-state index in [1.165, 1.54) is 12.7 Å². The number of halogens is 2. The molecule has 0 N–H and O–H groups in total. The maximum absolute atomic E-state index is 12.5. The summed E-state index contributed by atoms with van der Waals surface area (Å²) in [5.41, 5.74) is 0.558.